The minimum absolute atomic E-state index is 0.0540. The molecule has 2 rings (SSSR count). The zero-order valence-electron chi connectivity index (χ0n) is 11.5. The van der Waals surface area contributed by atoms with Crippen molar-refractivity contribution >= 4 is 5.69 Å². The highest BCUT2D eigenvalue weighted by molar-refractivity contribution is 5.48. The average Bonchev–Trinajstić information content (AvgIpc) is 2.47. The van der Waals surface area contributed by atoms with Crippen LogP contribution in [-0.4, -0.2) is 4.92 Å². The highest BCUT2D eigenvalue weighted by Gasteiger charge is 2.16. The van der Waals surface area contributed by atoms with Crippen LogP contribution in [-0.2, 0) is 13.2 Å². The lowest BCUT2D eigenvalue weighted by atomic mass is 10.1. The molecular formula is C15H15FN2O3. The van der Waals surface area contributed by atoms with Crippen LogP contribution in [0.3, 0.4) is 0 Å². The summed E-state index contributed by atoms with van der Waals surface area (Å²) in [5.41, 5.74) is 7.61. The molecular weight excluding hydrogens is 275 g/mol. The van der Waals surface area contributed by atoms with Gasteiger partial charge in [0.25, 0.3) is 0 Å². The molecule has 2 N–H and O–H groups in total. The number of nitro benzene ring substituents is 1. The van der Waals surface area contributed by atoms with Gasteiger partial charge in [-0.15, -0.1) is 0 Å². The van der Waals surface area contributed by atoms with E-state index in [1.54, 1.807) is 12.1 Å². The maximum absolute atomic E-state index is 13.2. The van der Waals surface area contributed by atoms with E-state index < -0.39 is 4.92 Å². The Bertz CT molecular complexity index is 674. The normalized spacial score (nSPS) is 10.4. The maximum atomic E-state index is 13.2. The molecule has 0 radical (unpaired) electrons. The van der Waals surface area contributed by atoms with E-state index in [0.717, 1.165) is 11.1 Å². The Kier molecular flexibility index (Phi) is 4.49. The molecule has 0 unspecified atom stereocenters. The minimum Gasteiger partial charge on any atom is -0.482 e. The molecule has 0 aromatic heterocycles. The molecule has 0 aliphatic rings. The number of nitrogens with two attached hydrogens (primary N) is 1. The lowest BCUT2D eigenvalue weighted by Crippen LogP contribution is -2.03. The van der Waals surface area contributed by atoms with E-state index in [4.69, 9.17) is 10.5 Å². The minimum atomic E-state index is -0.520. The number of ether oxygens (including phenoxy) is 1. The second-order valence-corrected chi connectivity index (χ2v) is 4.62. The quantitative estimate of drug-likeness (QED) is 0.678. The van der Waals surface area contributed by atoms with Crippen molar-refractivity contribution in [3.8, 4) is 5.75 Å². The fraction of sp³-hybridized carbons (Fsp3) is 0.200. The molecule has 5 nitrogen and oxygen atoms in total. The Morgan fingerprint density at radius 2 is 2.05 bits per heavy atom. The van der Waals surface area contributed by atoms with Crippen LogP contribution >= 0.6 is 0 Å². The molecule has 0 spiro atoms. The van der Waals surface area contributed by atoms with E-state index in [0.29, 0.717) is 5.56 Å². The van der Waals surface area contributed by atoms with Crippen LogP contribution in [0.25, 0.3) is 0 Å². The zero-order chi connectivity index (χ0) is 15.4. The summed E-state index contributed by atoms with van der Waals surface area (Å²) >= 11 is 0. The van der Waals surface area contributed by atoms with Crippen LogP contribution in [0.15, 0.2) is 36.4 Å². The number of halogens is 1. The number of hydrogen-bond donors (Lipinski definition) is 1. The standard InChI is InChI=1S/C15H15FN2O3/c1-10-2-4-13(16)7-12(10)9-21-15-6-11(8-17)3-5-14(15)18(19)20/h2-7H,8-9,17H2,1H3. The molecule has 0 fully saturated rings. The molecule has 0 saturated heterocycles. The van der Waals surface area contributed by atoms with E-state index in [1.807, 2.05) is 6.92 Å². The molecule has 0 heterocycles. The SMILES string of the molecule is Cc1ccc(F)cc1COc1cc(CN)ccc1[N+](=O)[O-]. The molecule has 0 atom stereocenters. The van der Waals surface area contributed by atoms with Gasteiger partial charge in [-0.25, -0.2) is 4.39 Å². The number of hydrogen-bond acceptors (Lipinski definition) is 4. The zero-order valence-corrected chi connectivity index (χ0v) is 11.5. The van der Waals surface area contributed by atoms with E-state index >= 15 is 0 Å². The summed E-state index contributed by atoms with van der Waals surface area (Å²) in [6.45, 7) is 2.13. The van der Waals surface area contributed by atoms with Gasteiger partial charge in [0.1, 0.15) is 12.4 Å². The number of nitro groups is 1. The largest absolute Gasteiger partial charge is 0.482 e. The molecule has 0 aliphatic heterocycles. The van der Waals surface area contributed by atoms with Crippen molar-refractivity contribution in [1.29, 1.82) is 0 Å². The van der Waals surface area contributed by atoms with Crippen molar-refractivity contribution in [3.05, 3.63) is 69.0 Å². The van der Waals surface area contributed by atoms with Crippen LogP contribution in [0.2, 0.25) is 0 Å². The van der Waals surface area contributed by atoms with Gasteiger partial charge in [0, 0.05) is 12.6 Å². The predicted octanol–water partition coefficient (Wildman–Crippen LogP) is 3.08. The lowest BCUT2D eigenvalue weighted by molar-refractivity contribution is -0.386. The van der Waals surface area contributed by atoms with Crippen molar-refractivity contribution < 1.29 is 14.1 Å². The third-order valence-electron chi connectivity index (χ3n) is 3.15. The van der Waals surface area contributed by atoms with E-state index in [2.05, 4.69) is 0 Å². The molecule has 0 saturated carbocycles. The number of nitrogens with zero attached hydrogens (tertiary/aromatic N) is 1. The van der Waals surface area contributed by atoms with Crippen LogP contribution in [0, 0.1) is 22.9 Å². The monoisotopic (exact) mass is 290 g/mol. The molecule has 6 heteroatoms. The molecule has 21 heavy (non-hydrogen) atoms. The number of benzene rings is 2. The first-order valence-electron chi connectivity index (χ1n) is 6.36. The fourth-order valence-corrected chi connectivity index (χ4v) is 1.90. The third-order valence-corrected chi connectivity index (χ3v) is 3.15. The topological polar surface area (TPSA) is 78.4 Å². The molecule has 0 bridgehead atoms. The van der Waals surface area contributed by atoms with E-state index in [-0.39, 0.29) is 30.4 Å². The fourth-order valence-electron chi connectivity index (χ4n) is 1.90. The summed E-state index contributed by atoms with van der Waals surface area (Å²) in [4.78, 5) is 10.5. The van der Waals surface area contributed by atoms with Gasteiger partial charge in [-0.2, -0.15) is 0 Å². The highest BCUT2D eigenvalue weighted by Crippen LogP contribution is 2.29. The summed E-state index contributed by atoms with van der Waals surface area (Å²) in [5.74, 6) is -0.240. The molecule has 2 aromatic rings. The van der Waals surface area contributed by atoms with Gasteiger partial charge in [-0.3, -0.25) is 10.1 Å². The molecule has 2 aromatic carbocycles. The number of aryl methyl sites for hydroxylation is 1. The van der Waals surface area contributed by atoms with Crippen LogP contribution in [0.5, 0.6) is 5.75 Å². The van der Waals surface area contributed by atoms with E-state index in [9.17, 15) is 14.5 Å². The van der Waals surface area contributed by atoms with Crippen molar-refractivity contribution in [2.24, 2.45) is 5.73 Å². The second kappa shape index (κ2) is 6.32. The first kappa shape index (κ1) is 14.9. The molecule has 0 aliphatic carbocycles. The summed E-state index contributed by atoms with van der Waals surface area (Å²) in [6, 6.07) is 8.82. The van der Waals surface area contributed by atoms with Gasteiger partial charge in [0.15, 0.2) is 5.75 Å². The third kappa shape index (κ3) is 3.55. The van der Waals surface area contributed by atoms with Crippen LogP contribution in [0.1, 0.15) is 16.7 Å². The molecule has 110 valence electrons. The number of rotatable bonds is 5. The Morgan fingerprint density at radius 1 is 1.29 bits per heavy atom. The Balaban J connectivity index is 2.26. The maximum Gasteiger partial charge on any atom is 0.310 e. The van der Waals surface area contributed by atoms with E-state index in [1.165, 1.54) is 24.3 Å². The van der Waals surface area contributed by atoms with Crippen molar-refractivity contribution in [2.45, 2.75) is 20.1 Å². The van der Waals surface area contributed by atoms with Gasteiger partial charge >= 0.3 is 5.69 Å². The van der Waals surface area contributed by atoms with Gasteiger partial charge in [-0.1, -0.05) is 12.1 Å². The van der Waals surface area contributed by atoms with Gasteiger partial charge in [0.2, 0.25) is 0 Å². The predicted molar refractivity (Wildman–Crippen MR) is 76.5 cm³/mol. The second-order valence-electron chi connectivity index (χ2n) is 4.62. The lowest BCUT2D eigenvalue weighted by Gasteiger charge is -2.10. The first-order valence-corrected chi connectivity index (χ1v) is 6.36. The van der Waals surface area contributed by atoms with Crippen LogP contribution < -0.4 is 10.5 Å². The van der Waals surface area contributed by atoms with Crippen molar-refractivity contribution in [2.75, 3.05) is 0 Å². The summed E-state index contributed by atoms with van der Waals surface area (Å²) in [7, 11) is 0. The Labute approximate surface area is 121 Å². The van der Waals surface area contributed by atoms with Crippen molar-refractivity contribution in [3.63, 3.8) is 0 Å². The summed E-state index contributed by atoms with van der Waals surface area (Å²) in [5, 5.41) is 11.0. The van der Waals surface area contributed by atoms with Crippen molar-refractivity contribution in [1.82, 2.24) is 0 Å². The summed E-state index contributed by atoms with van der Waals surface area (Å²) in [6.07, 6.45) is 0. The average molecular weight is 290 g/mol. The highest BCUT2D eigenvalue weighted by atomic mass is 19.1. The molecule has 0 amide bonds. The Morgan fingerprint density at radius 3 is 2.71 bits per heavy atom. The van der Waals surface area contributed by atoms with Crippen LogP contribution in [0.4, 0.5) is 10.1 Å². The Hall–Kier alpha value is -2.47. The van der Waals surface area contributed by atoms with Gasteiger partial charge < -0.3 is 10.5 Å². The first-order chi connectivity index (χ1) is 10.0. The van der Waals surface area contributed by atoms with Gasteiger partial charge in [-0.05, 0) is 41.8 Å². The van der Waals surface area contributed by atoms with Gasteiger partial charge in [0.05, 0.1) is 4.92 Å². The smallest absolute Gasteiger partial charge is 0.310 e. The summed E-state index contributed by atoms with van der Waals surface area (Å²) < 4.78 is 18.7.